The van der Waals surface area contributed by atoms with Gasteiger partial charge in [-0.05, 0) is 80.8 Å². The number of rotatable bonds is 9. The van der Waals surface area contributed by atoms with E-state index in [9.17, 15) is 14.7 Å². The molecule has 2 aromatic rings. The van der Waals surface area contributed by atoms with Gasteiger partial charge in [0, 0.05) is 30.9 Å². The number of nitriles is 1. The molecule has 3 heterocycles. The first-order chi connectivity index (χ1) is 16.5. The Morgan fingerprint density at radius 3 is 3.03 bits per heavy atom. The molecule has 2 atom stereocenters. The zero-order chi connectivity index (χ0) is 23.9. The first-order valence-corrected chi connectivity index (χ1v) is 12.0. The molecule has 1 saturated heterocycles. The highest BCUT2D eigenvalue weighted by Crippen LogP contribution is 2.24. The molecular formula is C26H31N5O3. The zero-order valence-electron chi connectivity index (χ0n) is 19.3. The summed E-state index contributed by atoms with van der Waals surface area (Å²) in [6.07, 6.45) is 5.70. The number of carboxylic acids is 1. The lowest BCUT2D eigenvalue weighted by molar-refractivity contribution is -0.139. The Labute approximate surface area is 200 Å². The molecule has 4 rings (SSSR count). The molecule has 2 aliphatic rings. The van der Waals surface area contributed by atoms with Gasteiger partial charge in [-0.25, -0.2) is 9.78 Å². The van der Waals surface area contributed by atoms with E-state index in [1.54, 1.807) is 18.2 Å². The van der Waals surface area contributed by atoms with Crippen LogP contribution in [0.5, 0.6) is 0 Å². The van der Waals surface area contributed by atoms with Crippen molar-refractivity contribution in [1.82, 2.24) is 15.2 Å². The van der Waals surface area contributed by atoms with Gasteiger partial charge < -0.3 is 20.6 Å². The van der Waals surface area contributed by atoms with E-state index >= 15 is 0 Å². The molecule has 1 fully saturated rings. The highest BCUT2D eigenvalue weighted by molar-refractivity contribution is 5.96. The number of carboxylic acid groups (broad SMARTS) is 1. The van der Waals surface area contributed by atoms with E-state index in [2.05, 4.69) is 27.7 Å². The summed E-state index contributed by atoms with van der Waals surface area (Å²) in [5.74, 6) is 0.0822. The summed E-state index contributed by atoms with van der Waals surface area (Å²) in [4.78, 5) is 31.3. The van der Waals surface area contributed by atoms with Crippen LogP contribution in [-0.4, -0.2) is 59.1 Å². The van der Waals surface area contributed by atoms with Crippen LogP contribution in [0, 0.1) is 17.2 Å². The summed E-state index contributed by atoms with van der Waals surface area (Å²) in [5, 5.41) is 24.6. The summed E-state index contributed by atoms with van der Waals surface area (Å²) < 4.78 is 0. The summed E-state index contributed by atoms with van der Waals surface area (Å²) >= 11 is 0. The number of nitrogens with zero attached hydrogens (tertiary/aromatic N) is 3. The molecular weight excluding hydrogens is 430 g/mol. The number of aliphatic carboxylic acids is 1. The van der Waals surface area contributed by atoms with E-state index in [1.807, 2.05) is 6.07 Å². The second-order valence-electron chi connectivity index (χ2n) is 9.18. The van der Waals surface area contributed by atoms with Crippen LogP contribution in [0.4, 0.5) is 5.82 Å². The van der Waals surface area contributed by atoms with Crippen molar-refractivity contribution in [2.45, 2.75) is 44.6 Å². The minimum absolute atomic E-state index is 0.289. The van der Waals surface area contributed by atoms with Crippen molar-refractivity contribution in [2.24, 2.45) is 5.92 Å². The maximum Gasteiger partial charge on any atom is 0.326 e. The molecule has 0 spiro atoms. The van der Waals surface area contributed by atoms with Crippen LogP contribution in [-0.2, 0) is 17.6 Å². The van der Waals surface area contributed by atoms with Crippen molar-refractivity contribution in [3.8, 4) is 6.07 Å². The third-order valence-corrected chi connectivity index (χ3v) is 6.72. The first-order valence-electron chi connectivity index (χ1n) is 12.0. The molecule has 1 aromatic heterocycles. The lowest BCUT2D eigenvalue weighted by Gasteiger charge is -2.20. The number of aromatic nitrogens is 1. The Hall–Kier alpha value is -3.44. The molecule has 8 heteroatoms. The number of hydrogen-bond donors (Lipinski definition) is 3. The predicted octanol–water partition coefficient (Wildman–Crippen LogP) is 2.84. The van der Waals surface area contributed by atoms with Gasteiger partial charge in [-0.15, -0.1) is 0 Å². The normalized spacial score (nSPS) is 18.4. The number of aryl methyl sites for hydroxylation is 2. The fourth-order valence-electron chi connectivity index (χ4n) is 4.75. The first kappa shape index (κ1) is 23.7. The number of anilines is 1. The van der Waals surface area contributed by atoms with Crippen molar-refractivity contribution in [1.29, 1.82) is 5.26 Å². The van der Waals surface area contributed by atoms with Crippen molar-refractivity contribution < 1.29 is 14.7 Å². The molecule has 2 unspecified atom stereocenters. The average molecular weight is 462 g/mol. The molecule has 1 aromatic carbocycles. The molecule has 1 amide bonds. The van der Waals surface area contributed by atoms with Crippen molar-refractivity contribution in [3.05, 3.63) is 58.8 Å². The van der Waals surface area contributed by atoms with Gasteiger partial charge in [-0.1, -0.05) is 12.1 Å². The Bertz CT molecular complexity index is 1080. The van der Waals surface area contributed by atoms with E-state index in [0.29, 0.717) is 24.4 Å². The Morgan fingerprint density at radius 1 is 1.32 bits per heavy atom. The smallest absolute Gasteiger partial charge is 0.326 e. The van der Waals surface area contributed by atoms with E-state index in [-0.39, 0.29) is 5.56 Å². The minimum atomic E-state index is -1.05. The summed E-state index contributed by atoms with van der Waals surface area (Å²) in [5.41, 5.74) is 3.09. The summed E-state index contributed by atoms with van der Waals surface area (Å²) in [6.45, 7) is 3.49. The molecule has 0 bridgehead atoms. The largest absolute Gasteiger partial charge is 0.480 e. The number of nitrogens with one attached hydrogen (secondary N) is 2. The Kier molecular flexibility index (Phi) is 7.76. The minimum Gasteiger partial charge on any atom is -0.480 e. The van der Waals surface area contributed by atoms with Gasteiger partial charge in [-0.3, -0.25) is 4.79 Å². The molecule has 0 radical (unpaired) electrons. The SMILES string of the molecule is N#Cc1cccc(C(=O)NC(CCN2CCC(CCc3ccc4c(n3)NCCC4)C2)C(=O)O)c1. The van der Waals surface area contributed by atoms with Crippen molar-refractivity contribution in [3.63, 3.8) is 0 Å². The molecule has 34 heavy (non-hydrogen) atoms. The number of amides is 1. The van der Waals surface area contributed by atoms with E-state index in [0.717, 1.165) is 63.3 Å². The maximum absolute atomic E-state index is 12.5. The lowest BCUT2D eigenvalue weighted by Crippen LogP contribution is -2.43. The predicted molar refractivity (Wildman–Crippen MR) is 129 cm³/mol. The van der Waals surface area contributed by atoms with E-state index < -0.39 is 17.9 Å². The van der Waals surface area contributed by atoms with Crippen LogP contribution >= 0.6 is 0 Å². The van der Waals surface area contributed by atoms with Gasteiger partial charge in [0.05, 0.1) is 11.6 Å². The van der Waals surface area contributed by atoms with Crippen molar-refractivity contribution >= 4 is 17.7 Å². The van der Waals surface area contributed by atoms with Crippen LogP contribution < -0.4 is 10.6 Å². The van der Waals surface area contributed by atoms with Gasteiger partial charge in [0.25, 0.3) is 5.91 Å². The van der Waals surface area contributed by atoms with Crippen LogP contribution in [0.2, 0.25) is 0 Å². The van der Waals surface area contributed by atoms with Crippen LogP contribution in [0.15, 0.2) is 36.4 Å². The van der Waals surface area contributed by atoms with Gasteiger partial charge in [-0.2, -0.15) is 5.26 Å². The zero-order valence-corrected chi connectivity index (χ0v) is 19.3. The second kappa shape index (κ2) is 11.1. The number of hydrogen-bond acceptors (Lipinski definition) is 6. The molecule has 178 valence electrons. The van der Waals surface area contributed by atoms with Crippen LogP contribution in [0.25, 0.3) is 0 Å². The molecule has 0 saturated carbocycles. The second-order valence-corrected chi connectivity index (χ2v) is 9.18. The average Bonchev–Trinajstić information content (AvgIpc) is 3.32. The number of likely N-dealkylation sites (tertiary alicyclic amines) is 1. The topological polar surface area (TPSA) is 118 Å². The standard InChI is InChI=1S/C26H31N5O3/c27-16-19-3-1-4-21(15-19)25(32)30-23(26(33)34)11-14-31-13-10-18(17-31)6-8-22-9-7-20-5-2-12-28-24(20)29-22/h1,3-4,7,9,15,18,23H,2,5-6,8,10-14,17H2,(H,28,29)(H,30,32)(H,33,34). The fourth-order valence-corrected chi connectivity index (χ4v) is 4.75. The highest BCUT2D eigenvalue weighted by Gasteiger charge is 2.26. The third-order valence-electron chi connectivity index (χ3n) is 6.72. The van der Waals surface area contributed by atoms with Gasteiger partial charge in [0.15, 0.2) is 0 Å². The number of fused-ring (bicyclic) bond motifs is 1. The van der Waals surface area contributed by atoms with E-state index in [4.69, 9.17) is 10.2 Å². The van der Waals surface area contributed by atoms with Gasteiger partial charge in [0.1, 0.15) is 11.9 Å². The molecule has 0 aliphatic carbocycles. The number of carbonyl (C=O) groups is 2. The molecule has 2 aliphatic heterocycles. The molecule has 8 nitrogen and oxygen atoms in total. The highest BCUT2D eigenvalue weighted by atomic mass is 16.4. The molecule has 3 N–H and O–H groups in total. The quantitative estimate of drug-likeness (QED) is 0.525. The lowest BCUT2D eigenvalue weighted by atomic mass is 10.00. The number of benzene rings is 1. The number of pyridine rings is 1. The Morgan fingerprint density at radius 2 is 2.21 bits per heavy atom. The van der Waals surface area contributed by atoms with E-state index in [1.165, 1.54) is 11.6 Å². The van der Waals surface area contributed by atoms with Crippen molar-refractivity contribution in [2.75, 3.05) is 31.5 Å². The van der Waals surface area contributed by atoms with Crippen LogP contribution in [0.3, 0.4) is 0 Å². The fraction of sp³-hybridized carbons (Fsp3) is 0.462. The summed E-state index contributed by atoms with van der Waals surface area (Å²) in [7, 11) is 0. The van der Waals surface area contributed by atoms with Gasteiger partial charge >= 0.3 is 5.97 Å². The van der Waals surface area contributed by atoms with Gasteiger partial charge in [0.2, 0.25) is 0 Å². The number of carbonyl (C=O) groups excluding carboxylic acids is 1. The third kappa shape index (κ3) is 6.12. The maximum atomic E-state index is 12.5. The van der Waals surface area contributed by atoms with Crippen LogP contribution in [0.1, 0.15) is 52.9 Å². The Balaban J connectivity index is 1.23. The monoisotopic (exact) mass is 461 g/mol. The summed E-state index contributed by atoms with van der Waals surface area (Å²) in [6, 6.07) is 11.6.